The lowest BCUT2D eigenvalue weighted by atomic mass is 9.92. The van der Waals surface area contributed by atoms with E-state index >= 15 is 0 Å². The molecule has 4 nitrogen and oxygen atoms in total. The highest BCUT2D eigenvalue weighted by molar-refractivity contribution is 5.81. The first kappa shape index (κ1) is 18.0. The molecule has 1 aliphatic rings. The number of fused-ring (bicyclic) bond motifs is 1. The largest absolute Gasteiger partial charge is 0.496 e. The van der Waals surface area contributed by atoms with Crippen molar-refractivity contribution >= 4 is 11.8 Å². The zero-order valence-electron chi connectivity index (χ0n) is 16.1. The summed E-state index contributed by atoms with van der Waals surface area (Å²) in [5.41, 5.74) is 4.02. The van der Waals surface area contributed by atoms with Crippen LogP contribution in [0.1, 0.15) is 28.4 Å². The molecule has 1 heterocycles. The summed E-state index contributed by atoms with van der Waals surface area (Å²) in [6.45, 7) is 0. The molecular weight excluding hydrogens is 352 g/mol. The van der Waals surface area contributed by atoms with Crippen LogP contribution in [-0.4, -0.2) is 21.3 Å². The van der Waals surface area contributed by atoms with Crippen LogP contribution in [0.3, 0.4) is 0 Å². The molecule has 0 fully saturated rings. The van der Waals surface area contributed by atoms with E-state index in [4.69, 9.17) is 18.9 Å². The van der Waals surface area contributed by atoms with Crippen molar-refractivity contribution < 1.29 is 18.9 Å². The number of ether oxygens (including phenoxy) is 4. The van der Waals surface area contributed by atoms with Gasteiger partial charge in [0.25, 0.3) is 0 Å². The summed E-state index contributed by atoms with van der Waals surface area (Å²) < 4.78 is 23.3. The smallest absolute Gasteiger partial charge is 0.157 e. The minimum atomic E-state index is -0.368. The predicted molar refractivity (Wildman–Crippen MR) is 110 cm³/mol. The maximum atomic E-state index is 6.50. The summed E-state index contributed by atoms with van der Waals surface area (Å²) in [6.07, 6.45) is 1.70. The number of methoxy groups -OCH3 is 3. The first-order valence-corrected chi connectivity index (χ1v) is 9.07. The number of benzene rings is 3. The van der Waals surface area contributed by atoms with Crippen molar-refractivity contribution in [3.63, 3.8) is 0 Å². The van der Waals surface area contributed by atoms with Gasteiger partial charge in [0, 0.05) is 23.3 Å². The Hall–Kier alpha value is -3.40. The van der Waals surface area contributed by atoms with E-state index in [2.05, 4.69) is 18.2 Å². The Morgan fingerprint density at radius 2 is 1.39 bits per heavy atom. The number of rotatable bonds is 5. The number of hydrogen-bond acceptors (Lipinski definition) is 4. The molecule has 1 atom stereocenters. The molecule has 0 amide bonds. The second-order valence-corrected chi connectivity index (χ2v) is 6.45. The highest BCUT2D eigenvalue weighted by atomic mass is 16.5. The van der Waals surface area contributed by atoms with Crippen LogP contribution in [0.4, 0.5) is 0 Å². The fraction of sp³-hybridized carbons (Fsp3) is 0.167. The highest BCUT2D eigenvalue weighted by Gasteiger charge is 2.30. The molecule has 0 saturated carbocycles. The van der Waals surface area contributed by atoms with Gasteiger partial charge in [0.05, 0.1) is 26.9 Å². The van der Waals surface area contributed by atoms with Crippen LogP contribution in [0, 0.1) is 0 Å². The van der Waals surface area contributed by atoms with Gasteiger partial charge in [-0.3, -0.25) is 0 Å². The Labute approximate surface area is 164 Å². The van der Waals surface area contributed by atoms with Gasteiger partial charge in [-0.2, -0.15) is 0 Å². The van der Waals surface area contributed by atoms with Crippen molar-refractivity contribution in [3.05, 3.63) is 89.0 Å². The fourth-order valence-electron chi connectivity index (χ4n) is 3.51. The molecule has 4 rings (SSSR count). The third-order valence-electron chi connectivity index (χ3n) is 4.88. The van der Waals surface area contributed by atoms with Gasteiger partial charge in [-0.05, 0) is 11.6 Å². The van der Waals surface area contributed by atoms with Crippen LogP contribution < -0.4 is 14.2 Å². The first-order valence-electron chi connectivity index (χ1n) is 9.07. The van der Waals surface area contributed by atoms with E-state index in [1.54, 1.807) is 21.3 Å². The standard InChI is InChI=1S/C24H22O4/c1-25-18-14-21(26-2)23(22(15-18)27-3)24-19-12-8-7-11-17(19)13-20(28-24)16-9-5-4-6-10-16/h4-15,24H,1-3H3. The van der Waals surface area contributed by atoms with Gasteiger partial charge in [-0.15, -0.1) is 0 Å². The van der Waals surface area contributed by atoms with E-state index < -0.39 is 0 Å². The average molecular weight is 374 g/mol. The van der Waals surface area contributed by atoms with Crippen LogP contribution in [-0.2, 0) is 4.74 Å². The summed E-state index contributed by atoms with van der Waals surface area (Å²) in [6, 6.07) is 22.0. The Bertz CT molecular complexity index is 983. The second kappa shape index (κ2) is 7.69. The van der Waals surface area contributed by atoms with Gasteiger partial charge in [-0.1, -0.05) is 54.6 Å². The van der Waals surface area contributed by atoms with Gasteiger partial charge in [0.2, 0.25) is 0 Å². The van der Waals surface area contributed by atoms with Gasteiger partial charge in [0.15, 0.2) is 6.10 Å². The molecule has 1 unspecified atom stereocenters. The molecule has 1 aliphatic heterocycles. The Balaban J connectivity index is 1.90. The van der Waals surface area contributed by atoms with Crippen LogP contribution >= 0.6 is 0 Å². The topological polar surface area (TPSA) is 36.9 Å². The van der Waals surface area contributed by atoms with E-state index in [0.717, 1.165) is 28.0 Å². The zero-order valence-corrected chi connectivity index (χ0v) is 16.1. The summed E-state index contributed by atoms with van der Waals surface area (Å²) in [4.78, 5) is 0. The zero-order chi connectivity index (χ0) is 19.5. The van der Waals surface area contributed by atoms with Gasteiger partial charge < -0.3 is 18.9 Å². The molecule has 3 aromatic rings. The summed E-state index contributed by atoms with van der Waals surface area (Å²) in [7, 11) is 4.90. The van der Waals surface area contributed by atoms with Crippen molar-refractivity contribution in [2.45, 2.75) is 6.10 Å². The third-order valence-corrected chi connectivity index (χ3v) is 4.88. The van der Waals surface area contributed by atoms with Crippen molar-refractivity contribution in [1.82, 2.24) is 0 Å². The number of hydrogen-bond donors (Lipinski definition) is 0. The summed E-state index contributed by atoms with van der Waals surface area (Å²) in [5.74, 6) is 2.79. The van der Waals surface area contributed by atoms with Crippen molar-refractivity contribution in [2.75, 3.05) is 21.3 Å². The van der Waals surface area contributed by atoms with E-state index in [9.17, 15) is 0 Å². The third kappa shape index (κ3) is 3.18. The quantitative estimate of drug-likeness (QED) is 0.605. The second-order valence-electron chi connectivity index (χ2n) is 6.45. The molecule has 0 radical (unpaired) electrons. The summed E-state index contributed by atoms with van der Waals surface area (Å²) >= 11 is 0. The SMILES string of the molecule is COc1cc(OC)c(C2OC(c3ccccc3)=Cc3ccccc32)c(OC)c1. The molecule has 142 valence electrons. The minimum Gasteiger partial charge on any atom is -0.496 e. The maximum Gasteiger partial charge on any atom is 0.157 e. The van der Waals surface area contributed by atoms with E-state index in [1.165, 1.54) is 0 Å². The Morgan fingerprint density at radius 3 is 2.04 bits per heavy atom. The van der Waals surface area contributed by atoms with Crippen molar-refractivity contribution in [2.24, 2.45) is 0 Å². The first-order chi connectivity index (χ1) is 13.7. The average Bonchev–Trinajstić information content (AvgIpc) is 2.77. The predicted octanol–water partition coefficient (Wildman–Crippen LogP) is 5.33. The molecule has 0 bridgehead atoms. The molecule has 0 spiro atoms. The maximum absolute atomic E-state index is 6.50. The Morgan fingerprint density at radius 1 is 0.750 bits per heavy atom. The normalized spacial score (nSPS) is 15.1. The molecule has 3 aromatic carbocycles. The lowest BCUT2D eigenvalue weighted by Crippen LogP contribution is -2.14. The minimum absolute atomic E-state index is 0.368. The van der Waals surface area contributed by atoms with E-state index in [1.807, 2.05) is 54.6 Å². The molecule has 0 aliphatic carbocycles. The van der Waals surface area contributed by atoms with Gasteiger partial charge in [0.1, 0.15) is 23.0 Å². The highest BCUT2D eigenvalue weighted by Crippen LogP contribution is 2.47. The van der Waals surface area contributed by atoms with Crippen LogP contribution in [0.2, 0.25) is 0 Å². The summed E-state index contributed by atoms with van der Waals surface area (Å²) in [5, 5.41) is 0. The lowest BCUT2D eigenvalue weighted by Gasteiger charge is -2.30. The molecular formula is C24H22O4. The fourth-order valence-corrected chi connectivity index (χ4v) is 3.51. The molecule has 28 heavy (non-hydrogen) atoms. The Kier molecular flexibility index (Phi) is 4.94. The molecule has 0 saturated heterocycles. The van der Waals surface area contributed by atoms with E-state index in [-0.39, 0.29) is 6.10 Å². The van der Waals surface area contributed by atoms with Crippen LogP contribution in [0.5, 0.6) is 17.2 Å². The monoisotopic (exact) mass is 374 g/mol. The van der Waals surface area contributed by atoms with Crippen LogP contribution in [0.15, 0.2) is 66.7 Å². The molecule has 4 heteroatoms. The lowest BCUT2D eigenvalue weighted by molar-refractivity contribution is 0.195. The van der Waals surface area contributed by atoms with E-state index in [0.29, 0.717) is 17.2 Å². The molecule has 0 aromatic heterocycles. The molecule has 0 N–H and O–H groups in total. The van der Waals surface area contributed by atoms with Crippen molar-refractivity contribution in [1.29, 1.82) is 0 Å². The van der Waals surface area contributed by atoms with Gasteiger partial charge >= 0.3 is 0 Å². The van der Waals surface area contributed by atoms with Crippen molar-refractivity contribution in [3.8, 4) is 17.2 Å². The van der Waals surface area contributed by atoms with Gasteiger partial charge in [-0.25, -0.2) is 0 Å². The van der Waals surface area contributed by atoms with Crippen LogP contribution in [0.25, 0.3) is 11.8 Å².